The van der Waals surface area contributed by atoms with E-state index in [9.17, 15) is 0 Å². The van der Waals surface area contributed by atoms with Crippen molar-refractivity contribution < 1.29 is 0 Å². The van der Waals surface area contributed by atoms with E-state index in [2.05, 4.69) is 16.7 Å². The summed E-state index contributed by atoms with van der Waals surface area (Å²) < 4.78 is 0. The molecule has 0 spiro atoms. The van der Waals surface area contributed by atoms with Gasteiger partial charge in [-0.1, -0.05) is 13.3 Å². The van der Waals surface area contributed by atoms with Crippen LogP contribution < -0.4 is 5.73 Å². The molecule has 1 aliphatic heterocycles. The molecule has 1 aliphatic carbocycles. The van der Waals surface area contributed by atoms with Gasteiger partial charge in [-0.05, 0) is 25.3 Å². The third-order valence-corrected chi connectivity index (χ3v) is 4.12. The molecule has 0 aromatic heterocycles. The van der Waals surface area contributed by atoms with Crippen LogP contribution in [0.25, 0.3) is 0 Å². The first-order chi connectivity index (χ1) is 7.29. The number of hydrogen-bond acceptors (Lipinski definition) is 3. The lowest BCUT2D eigenvalue weighted by Crippen LogP contribution is -2.48. The lowest BCUT2D eigenvalue weighted by Gasteiger charge is -2.36. The minimum atomic E-state index is 0.481. The normalized spacial score (nSPS) is 34.8. The maximum atomic E-state index is 6.11. The molecule has 2 N–H and O–H groups in total. The van der Waals surface area contributed by atoms with Crippen molar-refractivity contribution in [2.45, 2.75) is 32.2 Å². The van der Waals surface area contributed by atoms with Gasteiger partial charge in [0.1, 0.15) is 0 Å². The molecule has 2 atom stereocenters. The van der Waals surface area contributed by atoms with Gasteiger partial charge in [-0.3, -0.25) is 0 Å². The fourth-order valence-corrected chi connectivity index (χ4v) is 2.91. The predicted octanol–water partition coefficient (Wildman–Crippen LogP) is 0.751. The van der Waals surface area contributed by atoms with E-state index in [1.54, 1.807) is 0 Å². The monoisotopic (exact) mass is 211 g/mol. The van der Waals surface area contributed by atoms with Crippen molar-refractivity contribution in [2.24, 2.45) is 11.7 Å². The summed E-state index contributed by atoms with van der Waals surface area (Å²) in [6, 6.07) is 0.481. The van der Waals surface area contributed by atoms with Gasteiger partial charge in [-0.15, -0.1) is 0 Å². The van der Waals surface area contributed by atoms with Gasteiger partial charge < -0.3 is 15.5 Å². The number of rotatable bonds is 3. The Bertz CT molecular complexity index is 187. The molecule has 3 nitrogen and oxygen atoms in total. The molecular formula is C12H25N3. The Balaban J connectivity index is 1.72. The van der Waals surface area contributed by atoms with Gasteiger partial charge in [-0.2, -0.15) is 0 Å². The zero-order valence-corrected chi connectivity index (χ0v) is 9.99. The second kappa shape index (κ2) is 5.28. The molecule has 1 saturated heterocycles. The van der Waals surface area contributed by atoms with Crippen LogP contribution in [0.4, 0.5) is 0 Å². The van der Waals surface area contributed by atoms with E-state index in [0.717, 1.165) is 5.92 Å². The summed E-state index contributed by atoms with van der Waals surface area (Å²) in [4.78, 5) is 5.15. The van der Waals surface area contributed by atoms with Gasteiger partial charge in [0, 0.05) is 38.8 Å². The summed E-state index contributed by atoms with van der Waals surface area (Å²) in [6.07, 6.45) is 3.95. The van der Waals surface area contributed by atoms with Crippen LogP contribution in [0.3, 0.4) is 0 Å². The lowest BCUT2D eigenvalue weighted by molar-refractivity contribution is 0.120. The van der Waals surface area contributed by atoms with Gasteiger partial charge in [0.15, 0.2) is 0 Å². The Morgan fingerprint density at radius 3 is 2.27 bits per heavy atom. The smallest absolute Gasteiger partial charge is 0.0110 e. The third-order valence-electron chi connectivity index (χ3n) is 4.12. The molecule has 0 aromatic carbocycles. The van der Waals surface area contributed by atoms with E-state index < -0.39 is 0 Å². The number of nitrogens with two attached hydrogens (primary N) is 1. The van der Waals surface area contributed by atoms with Gasteiger partial charge in [0.25, 0.3) is 0 Å². The van der Waals surface area contributed by atoms with Crippen molar-refractivity contribution in [3.63, 3.8) is 0 Å². The van der Waals surface area contributed by atoms with Crippen LogP contribution in [-0.4, -0.2) is 55.1 Å². The number of piperazine rings is 1. The number of hydrogen-bond donors (Lipinski definition) is 1. The molecule has 2 unspecified atom stereocenters. The van der Waals surface area contributed by atoms with E-state index in [1.165, 1.54) is 58.5 Å². The maximum absolute atomic E-state index is 6.11. The molecule has 0 radical (unpaired) electrons. The quantitative estimate of drug-likeness (QED) is 0.748. The standard InChI is InChI=1S/C12H25N3/c1-2-14-6-8-15(9-7-14)10-11-4-3-5-12(11)13/h11-12H,2-10,13H2,1H3. The van der Waals surface area contributed by atoms with Crippen LogP contribution in [0.5, 0.6) is 0 Å². The van der Waals surface area contributed by atoms with Crippen LogP contribution in [0.15, 0.2) is 0 Å². The predicted molar refractivity (Wildman–Crippen MR) is 63.9 cm³/mol. The Kier molecular flexibility index (Phi) is 4.00. The van der Waals surface area contributed by atoms with E-state index in [-0.39, 0.29) is 0 Å². The van der Waals surface area contributed by atoms with E-state index >= 15 is 0 Å². The largest absolute Gasteiger partial charge is 0.327 e. The minimum absolute atomic E-state index is 0.481. The van der Waals surface area contributed by atoms with Crippen molar-refractivity contribution in [3.8, 4) is 0 Å². The van der Waals surface area contributed by atoms with Gasteiger partial charge in [0.2, 0.25) is 0 Å². The molecule has 2 aliphatic rings. The highest BCUT2D eigenvalue weighted by atomic mass is 15.3. The van der Waals surface area contributed by atoms with Crippen molar-refractivity contribution in [1.29, 1.82) is 0 Å². The van der Waals surface area contributed by atoms with Crippen molar-refractivity contribution in [3.05, 3.63) is 0 Å². The van der Waals surface area contributed by atoms with Crippen LogP contribution in [0, 0.1) is 5.92 Å². The van der Waals surface area contributed by atoms with E-state index in [4.69, 9.17) is 5.73 Å². The van der Waals surface area contributed by atoms with E-state index in [0.29, 0.717) is 6.04 Å². The molecule has 1 heterocycles. The molecule has 3 heteroatoms. The van der Waals surface area contributed by atoms with Gasteiger partial charge >= 0.3 is 0 Å². The minimum Gasteiger partial charge on any atom is -0.327 e. The van der Waals surface area contributed by atoms with Gasteiger partial charge in [-0.25, -0.2) is 0 Å². The Morgan fingerprint density at radius 2 is 1.73 bits per heavy atom. The van der Waals surface area contributed by atoms with Crippen LogP contribution in [-0.2, 0) is 0 Å². The van der Waals surface area contributed by atoms with Crippen molar-refractivity contribution in [2.75, 3.05) is 39.3 Å². The highest BCUT2D eigenvalue weighted by Crippen LogP contribution is 2.25. The Morgan fingerprint density at radius 1 is 1.07 bits per heavy atom. The summed E-state index contributed by atoms with van der Waals surface area (Å²) in [5, 5.41) is 0. The molecule has 88 valence electrons. The average Bonchev–Trinajstić information content (AvgIpc) is 2.66. The Labute approximate surface area is 93.6 Å². The molecule has 0 bridgehead atoms. The van der Waals surface area contributed by atoms with Crippen LogP contribution in [0.2, 0.25) is 0 Å². The summed E-state index contributed by atoms with van der Waals surface area (Å²) in [6.45, 7) is 9.70. The lowest BCUT2D eigenvalue weighted by atomic mass is 10.0. The molecule has 0 amide bonds. The SMILES string of the molecule is CCN1CCN(CC2CCCC2N)CC1. The first-order valence-corrected chi connectivity index (χ1v) is 6.50. The first kappa shape index (κ1) is 11.4. The summed E-state index contributed by atoms with van der Waals surface area (Å²) in [7, 11) is 0. The number of likely N-dealkylation sites (N-methyl/N-ethyl adjacent to an activating group) is 1. The molecule has 2 fully saturated rings. The second-order valence-electron chi connectivity index (χ2n) is 5.09. The maximum Gasteiger partial charge on any atom is 0.0110 e. The number of nitrogens with zero attached hydrogens (tertiary/aromatic N) is 2. The zero-order chi connectivity index (χ0) is 10.7. The zero-order valence-electron chi connectivity index (χ0n) is 9.99. The molecule has 15 heavy (non-hydrogen) atoms. The van der Waals surface area contributed by atoms with Crippen molar-refractivity contribution in [1.82, 2.24) is 9.80 Å². The highest BCUT2D eigenvalue weighted by molar-refractivity contribution is 4.84. The van der Waals surface area contributed by atoms with Crippen LogP contribution in [0.1, 0.15) is 26.2 Å². The van der Waals surface area contributed by atoms with E-state index in [1.807, 2.05) is 0 Å². The Hall–Kier alpha value is -0.120. The molecule has 2 rings (SSSR count). The summed E-state index contributed by atoms with van der Waals surface area (Å²) >= 11 is 0. The van der Waals surface area contributed by atoms with Crippen molar-refractivity contribution >= 4 is 0 Å². The first-order valence-electron chi connectivity index (χ1n) is 6.50. The third kappa shape index (κ3) is 2.92. The fourth-order valence-electron chi connectivity index (χ4n) is 2.91. The summed E-state index contributed by atoms with van der Waals surface area (Å²) in [5.41, 5.74) is 6.11. The van der Waals surface area contributed by atoms with Gasteiger partial charge in [0.05, 0.1) is 0 Å². The second-order valence-corrected chi connectivity index (χ2v) is 5.09. The molecule has 0 aromatic rings. The summed E-state index contributed by atoms with van der Waals surface area (Å²) in [5.74, 6) is 0.776. The highest BCUT2D eigenvalue weighted by Gasteiger charge is 2.27. The van der Waals surface area contributed by atoms with Crippen LogP contribution >= 0.6 is 0 Å². The molecular weight excluding hydrogens is 186 g/mol. The fraction of sp³-hybridized carbons (Fsp3) is 1.00. The average molecular weight is 211 g/mol. The molecule has 1 saturated carbocycles. The topological polar surface area (TPSA) is 32.5 Å².